The highest BCUT2D eigenvalue weighted by Gasteiger charge is 2.31. The summed E-state index contributed by atoms with van der Waals surface area (Å²) in [5, 5.41) is 0. The highest BCUT2D eigenvalue weighted by molar-refractivity contribution is 7.79. The van der Waals surface area contributed by atoms with Crippen LogP contribution in [-0.4, -0.2) is 13.7 Å². The van der Waals surface area contributed by atoms with E-state index in [0.717, 1.165) is 6.07 Å². The molecule has 1 aromatic heterocycles. The minimum atomic E-state index is -4.54. The molecule has 3 nitrogen and oxygen atoms in total. The Bertz CT molecular complexity index is 322. The van der Waals surface area contributed by atoms with Gasteiger partial charge in [-0.15, -0.1) is 0 Å². The molecular weight excluding hydrogens is 207 g/mol. The fourth-order valence-corrected chi connectivity index (χ4v) is 0.964. The van der Waals surface area contributed by atoms with Crippen LogP contribution in [0.25, 0.3) is 0 Å². The summed E-state index contributed by atoms with van der Waals surface area (Å²) in [6.07, 6.45) is -3.88. The normalized spacial score (nSPS) is 14.2. The van der Waals surface area contributed by atoms with Crippen molar-refractivity contribution in [1.29, 1.82) is 0 Å². The third-order valence-electron chi connectivity index (χ3n) is 1.22. The van der Waals surface area contributed by atoms with Gasteiger partial charge in [-0.1, -0.05) is 0 Å². The average Bonchev–Trinajstić information content (AvgIpc) is 2.03. The molecule has 13 heavy (non-hydrogen) atoms. The van der Waals surface area contributed by atoms with Crippen molar-refractivity contribution in [2.45, 2.75) is 11.1 Å². The molecule has 0 aliphatic carbocycles. The van der Waals surface area contributed by atoms with E-state index in [0.29, 0.717) is 12.3 Å². The van der Waals surface area contributed by atoms with Crippen LogP contribution in [0.4, 0.5) is 13.2 Å². The maximum absolute atomic E-state index is 11.9. The van der Waals surface area contributed by atoms with Crippen LogP contribution in [0.5, 0.6) is 0 Å². The standard InChI is InChI=1S/C6H4F3NO2S/c7-6(8,9)5-2-1-4(3-10-5)13(11)12/h1-3H,(H,11,12)/p-1. The Labute approximate surface area is 73.9 Å². The summed E-state index contributed by atoms with van der Waals surface area (Å²) in [6.45, 7) is 0. The zero-order valence-corrected chi connectivity index (χ0v) is 6.85. The Morgan fingerprint density at radius 2 is 2.00 bits per heavy atom. The molecule has 0 aliphatic heterocycles. The summed E-state index contributed by atoms with van der Waals surface area (Å²) in [4.78, 5) is 2.68. The number of nitrogens with zero attached hydrogens (tertiary/aromatic N) is 1. The van der Waals surface area contributed by atoms with Crippen molar-refractivity contribution in [2.24, 2.45) is 0 Å². The predicted molar refractivity (Wildman–Crippen MR) is 36.4 cm³/mol. The molecule has 0 fully saturated rings. The Morgan fingerprint density at radius 3 is 2.31 bits per heavy atom. The SMILES string of the molecule is O=S([O-])c1ccc(C(F)(F)F)nc1. The van der Waals surface area contributed by atoms with Gasteiger partial charge in [0.15, 0.2) is 0 Å². The van der Waals surface area contributed by atoms with Gasteiger partial charge in [0.05, 0.1) is 0 Å². The van der Waals surface area contributed by atoms with Gasteiger partial charge in [-0.3, -0.25) is 9.19 Å². The van der Waals surface area contributed by atoms with Crippen molar-refractivity contribution in [1.82, 2.24) is 4.98 Å². The van der Waals surface area contributed by atoms with Gasteiger partial charge in [0, 0.05) is 11.1 Å². The molecular formula is C6H3F3NO2S-. The van der Waals surface area contributed by atoms with Gasteiger partial charge in [0.1, 0.15) is 5.69 Å². The molecule has 0 radical (unpaired) electrons. The van der Waals surface area contributed by atoms with E-state index in [2.05, 4.69) is 4.98 Å². The van der Waals surface area contributed by atoms with Crippen molar-refractivity contribution in [2.75, 3.05) is 0 Å². The molecule has 7 heteroatoms. The Balaban J connectivity index is 3.01. The maximum Gasteiger partial charge on any atom is 0.433 e. The van der Waals surface area contributed by atoms with Crippen molar-refractivity contribution in [3.63, 3.8) is 0 Å². The van der Waals surface area contributed by atoms with Gasteiger partial charge in [0.2, 0.25) is 0 Å². The first-order valence-corrected chi connectivity index (χ1v) is 4.11. The number of rotatable bonds is 1. The van der Waals surface area contributed by atoms with Gasteiger partial charge < -0.3 is 4.55 Å². The number of hydrogen-bond donors (Lipinski definition) is 0. The molecule has 1 aromatic rings. The zero-order valence-electron chi connectivity index (χ0n) is 6.04. The van der Waals surface area contributed by atoms with Gasteiger partial charge in [-0.05, 0) is 23.2 Å². The molecule has 0 saturated carbocycles. The van der Waals surface area contributed by atoms with E-state index < -0.39 is 23.0 Å². The molecule has 0 bridgehead atoms. The van der Waals surface area contributed by atoms with E-state index in [1.165, 1.54) is 0 Å². The number of pyridine rings is 1. The van der Waals surface area contributed by atoms with E-state index in [1.54, 1.807) is 0 Å². The summed E-state index contributed by atoms with van der Waals surface area (Å²) >= 11 is -2.54. The van der Waals surface area contributed by atoms with Crippen molar-refractivity contribution >= 4 is 11.1 Å². The summed E-state index contributed by atoms with van der Waals surface area (Å²) in [6, 6.07) is 1.46. The summed E-state index contributed by atoms with van der Waals surface area (Å²) in [5.41, 5.74) is -1.11. The summed E-state index contributed by atoms with van der Waals surface area (Å²) in [7, 11) is 0. The number of aromatic nitrogens is 1. The van der Waals surface area contributed by atoms with Crippen LogP contribution in [0, 0.1) is 0 Å². The first-order chi connectivity index (χ1) is 5.91. The molecule has 1 unspecified atom stereocenters. The van der Waals surface area contributed by atoms with Gasteiger partial charge in [-0.2, -0.15) is 13.2 Å². The molecule has 1 atom stereocenters. The topological polar surface area (TPSA) is 53.0 Å². The highest BCUT2D eigenvalue weighted by Crippen LogP contribution is 2.27. The molecule has 1 heterocycles. The predicted octanol–water partition coefficient (Wildman–Crippen LogP) is 1.34. The molecule has 0 saturated heterocycles. The maximum atomic E-state index is 11.9. The first kappa shape index (κ1) is 10.1. The quantitative estimate of drug-likeness (QED) is 0.657. The van der Waals surface area contributed by atoms with E-state index in [-0.39, 0.29) is 4.90 Å². The monoisotopic (exact) mass is 210 g/mol. The lowest BCUT2D eigenvalue weighted by atomic mass is 10.3. The zero-order chi connectivity index (χ0) is 10.1. The Kier molecular flexibility index (Phi) is 2.67. The van der Waals surface area contributed by atoms with Crippen molar-refractivity contribution < 1.29 is 21.9 Å². The van der Waals surface area contributed by atoms with Crippen LogP contribution in [0.2, 0.25) is 0 Å². The first-order valence-electron chi connectivity index (χ1n) is 3.04. The number of alkyl halides is 3. The molecule has 0 N–H and O–H groups in total. The molecule has 0 aliphatic rings. The third kappa shape index (κ3) is 2.49. The van der Waals surface area contributed by atoms with E-state index in [9.17, 15) is 21.9 Å². The van der Waals surface area contributed by atoms with Crippen LogP contribution in [0.3, 0.4) is 0 Å². The lowest BCUT2D eigenvalue weighted by molar-refractivity contribution is -0.141. The second kappa shape index (κ2) is 3.43. The fourth-order valence-electron chi connectivity index (χ4n) is 0.647. The van der Waals surface area contributed by atoms with E-state index in [1.807, 2.05) is 0 Å². The minimum Gasteiger partial charge on any atom is -0.768 e. The van der Waals surface area contributed by atoms with Crippen LogP contribution in [-0.2, 0) is 17.3 Å². The molecule has 0 aromatic carbocycles. The van der Waals surface area contributed by atoms with Crippen LogP contribution in [0.15, 0.2) is 23.2 Å². The summed E-state index contributed by atoms with van der Waals surface area (Å²) in [5.74, 6) is 0. The second-order valence-corrected chi connectivity index (χ2v) is 3.05. The van der Waals surface area contributed by atoms with Gasteiger partial charge in [-0.25, -0.2) is 0 Å². The third-order valence-corrected chi connectivity index (χ3v) is 1.85. The second-order valence-electron chi connectivity index (χ2n) is 2.11. The Hall–Kier alpha value is -0.950. The van der Waals surface area contributed by atoms with Gasteiger partial charge >= 0.3 is 6.18 Å². The van der Waals surface area contributed by atoms with E-state index >= 15 is 0 Å². The molecule has 72 valence electrons. The fraction of sp³-hybridized carbons (Fsp3) is 0.167. The molecule has 0 amide bonds. The number of hydrogen-bond acceptors (Lipinski definition) is 3. The van der Waals surface area contributed by atoms with Crippen LogP contribution >= 0.6 is 0 Å². The van der Waals surface area contributed by atoms with Crippen LogP contribution in [0.1, 0.15) is 5.69 Å². The van der Waals surface area contributed by atoms with Crippen molar-refractivity contribution in [3.8, 4) is 0 Å². The summed E-state index contributed by atoms with van der Waals surface area (Å²) < 4.78 is 56.2. The smallest absolute Gasteiger partial charge is 0.433 e. The lowest BCUT2D eigenvalue weighted by Crippen LogP contribution is -2.07. The number of halogens is 3. The van der Waals surface area contributed by atoms with Gasteiger partial charge in [0.25, 0.3) is 0 Å². The van der Waals surface area contributed by atoms with Crippen LogP contribution < -0.4 is 0 Å². The molecule has 0 spiro atoms. The minimum absolute atomic E-state index is 0.270. The highest BCUT2D eigenvalue weighted by atomic mass is 32.2. The largest absolute Gasteiger partial charge is 0.768 e. The van der Waals surface area contributed by atoms with E-state index in [4.69, 9.17) is 0 Å². The lowest BCUT2D eigenvalue weighted by Gasteiger charge is -2.07. The van der Waals surface area contributed by atoms with Crippen molar-refractivity contribution in [3.05, 3.63) is 24.0 Å². The Morgan fingerprint density at radius 1 is 1.38 bits per heavy atom. The molecule has 1 rings (SSSR count). The average molecular weight is 210 g/mol.